The van der Waals surface area contributed by atoms with E-state index in [-0.39, 0.29) is 24.3 Å². The van der Waals surface area contributed by atoms with Crippen molar-refractivity contribution in [3.63, 3.8) is 0 Å². The highest BCUT2D eigenvalue weighted by Gasteiger charge is 2.15. The summed E-state index contributed by atoms with van der Waals surface area (Å²) in [4.78, 5) is 17.0. The first-order chi connectivity index (χ1) is 12.4. The fourth-order valence-electron chi connectivity index (χ4n) is 2.65. The largest absolute Gasteiger partial charge is 0.488 e. The van der Waals surface area contributed by atoms with E-state index >= 15 is 0 Å². The molecule has 3 aromatic rings. The average molecular weight is 356 g/mol. The lowest BCUT2D eigenvalue weighted by Gasteiger charge is -2.16. The van der Waals surface area contributed by atoms with Crippen LogP contribution in [0.15, 0.2) is 48.5 Å². The highest BCUT2D eigenvalue weighted by atomic mass is 19.1. The van der Waals surface area contributed by atoms with E-state index in [2.05, 4.69) is 10.3 Å². The van der Waals surface area contributed by atoms with Crippen LogP contribution in [0.25, 0.3) is 10.9 Å². The molecule has 0 radical (unpaired) electrons. The predicted octanol–water partition coefficient (Wildman–Crippen LogP) is 4.02. The molecule has 1 aromatic heterocycles. The topological polar surface area (TPSA) is 51.2 Å². The Balaban J connectivity index is 1.70. The minimum atomic E-state index is -0.778. The molecule has 0 aliphatic carbocycles. The number of carbonyl (C=O) groups is 1. The molecule has 0 fully saturated rings. The summed E-state index contributed by atoms with van der Waals surface area (Å²) in [7, 11) is 0. The lowest BCUT2D eigenvalue weighted by molar-refractivity contribution is 0.0927. The Morgan fingerprint density at radius 1 is 1.19 bits per heavy atom. The van der Waals surface area contributed by atoms with Crippen molar-refractivity contribution in [1.29, 1.82) is 0 Å². The Hall–Kier alpha value is -3.02. The molecule has 1 atom stereocenters. The van der Waals surface area contributed by atoms with Crippen LogP contribution >= 0.6 is 0 Å². The van der Waals surface area contributed by atoms with Gasteiger partial charge in [-0.15, -0.1) is 0 Å². The van der Waals surface area contributed by atoms with E-state index in [1.807, 2.05) is 31.2 Å². The molecule has 1 N–H and O–H groups in total. The number of hydrogen-bond acceptors (Lipinski definition) is 3. The van der Waals surface area contributed by atoms with Crippen LogP contribution in [0.5, 0.6) is 5.75 Å². The number of nitrogens with one attached hydrogen (secondary N) is 1. The molecule has 0 aliphatic heterocycles. The van der Waals surface area contributed by atoms with Gasteiger partial charge in [0, 0.05) is 17.1 Å². The smallest absolute Gasteiger partial charge is 0.252 e. The quantitative estimate of drug-likeness (QED) is 0.751. The number of benzene rings is 2. The number of pyridine rings is 1. The number of aryl methyl sites for hydroxylation is 1. The van der Waals surface area contributed by atoms with Gasteiger partial charge in [0.05, 0.1) is 17.1 Å². The van der Waals surface area contributed by atoms with Gasteiger partial charge in [-0.2, -0.15) is 0 Å². The molecule has 1 amide bonds. The van der Waals surface area contributed by atoms with Crippen LogP contribution in [-0.2, 0) is 0 Å². The van der Waals surface area contributed by atoms with Crippen LogP contribution in [0.3, 0.4) is 0 Å². The molecule has 2 aromatic carbocycles. The Labute approximate surface area is 149 Å². The van der Waals surface area contributed by atoms with Crippen molar-refractivity contribution in [3.8, 4) is 5.75 Å². The molecule has 26 heavy (non-hydrogen) atoms. The zero-order chi connectivity index (χ0) is 18.7. The molecule has 4 nitrogen and oxygen atoms in total. The summed E-state index contributed by atoms with van der Waals surface area (Å²) in [6, 6.07) is 11.8. The molecule has 0 bridgehead atoms. The Morgan fingerprint density at radius 3 is 2.73 bits per heavy atom. The summed E-state index contributed by atoms with van der Waals surface area (Å²) < 4.78 is 31.8. The molecule has 1 unspecified atom stereocenters. The van der Waals surface area contributed by atoms with Crippen molar-refractivity contribution >= 4 is 16.8 Å². The number of para-hydroxylation sites is 1. The standard InChI is InChI=1S/C20H18F2N2O2/c1-12-9-16(15-5-3-4-6-18(15)23-12)20(25)24-13(2)11-26-19-8-7-14(21)10-17(19)22/h3-10,13H,11H2,1-2H3,(H,24,25). The number of fused-ring (bicyclic) bond motifs is 1. The summed E-state index contributed by atoms with van der Waals surface area (Å²) in [5, 5.41) is 3.59. The Morgan fingerprint density at radius 2 is 1.96 bits per heavy atom. The molecule has 0 spiro atoms. The first-order valence-corrected chi connectivity index (χ1v) is 8.19. The summed E-state index contributed by atoms with van der Waals surface area (Å²) >= 11 is 0. The maximum atomic E-state index is 13.6. The first-order valence-electron chi connectivity index (χ1n) is 8.19. The second kappa shape index (κ2) is 7.47. The number of nitrogens with zero attached hydrogens (tertiary/aromatic N) is 1. The summed E-state index contributed by atoms with van der Waals surface area (Å²) in [5.41, 5.74) is 2.01. The molecule has 0 saturated carbocycles. The highest BCUT2D eigenvalue weighted by Crippen LogP contribution is 2.19. The van der Waals surface area contributed by atoms with Crippen LogP contribution in [0.4, 0.5) is 8.78 Å². The third kappa shape index (κ3) is 3.96. The highest BCUT2D eigenvalue weighted by molar-refractivity contribution is 6.06. The van der Waals surface area contributed by atoms with Crippen molar-refractivity contribution < 1.29 is 18.3 Å². The van der Waals surface area contributed by atoms with Crippen LogP contribution in [0, 0.1) is 18.6 Å². The fraction of sp³-hybridized carbons (Fsp3) is 0.200. The third-order valence-electron chi connectivity index (χ3n) is 3.85. The predicted molar refractivity (Wildman–Crippen MR) is 95.3 cm³/mol. The van der Waals surface area contributed by atoms with Gasteiger partial charge in [0.25, 0.3) is 5.91 Å². The van der Waals surface area contributed by atoms with Crippen LogP contribution in [0.1, 0.15) is 23.0 Å². The van der Waals surface area contributed by atoms with Gasteiger partial charge in [0.2, 0.25) is 0 Å². The number of aromatic nitrogens is 1. The number of hydrogen-bond donors (Lipinski definition) is 1. The maximum absolute atomic E-state index is 13.6. The van der Waals surface area contributed by atoms with Gasteiger partial charge in [-0.25, -0.2) is 8.78 Å². The normalized spacial score (nSPS) is 12.0. The van der Waals surface area contributed by atoms with E-state index in [1.165, 1.54) is 6.07 Å². The number of ether oxygens (including phenoxy) is 1. The number of carbonyl (C=O) groups excluding carboxylic acids is 1. The summed E-state index contributed by atoms with van der Waals surface area (Å²) in [6.45, 7) is 3.62. The lowest BCUT2D eigenvalue weighted by atomic mass is 10.1. The Kier molecular flexibility index (Phi) is 5.11. The van der Waals surface area contributed by atoms with E-state index < -0.39 is 11.6 Å². The zero-order valence-corrected chi connectivity index (χ0v) is 14.4. The minimum absolute atomic E-state index is 0.0519. The molecular weight excluding hydrogens is 338 g/mol. The second-order valence-corrected chi connectivity index (χ2v) is 6.09. The molecule has 1 heterocycles. The SMILES string of the molecule is Cc1cc(C(=O)NC(C)COc2ccc(F)cc2F)c2ccccc2n1. The van der Waals surface area contributed by atoms with Crippen molar-refractivity contribution in [2.24, 2.45) is 0 Å². The second-order valence-electron chi connectivity index (χ2n) is 6.09. The lowest BCUT2D eigenvalue weighted by Crippen LogP contribution is -2.37. The van der Waals surface area contributed by atoms with Crippen LogP contribution < -0.4 is 10.1 Å². The molecule has 134 valence electrons. The van der Waals surface area contributed by atoms with Gasteiger partial charge in [-0.3, -0.25) is 9.78 Å². The van der Waals surface area contributed by atoms with Crippen LogP contribution in [-0.4, -0.2) is 23.5 Å². The molecule has 3 rings (SSSR count). The maximum Gasteiger partial charge on any atom is 0.252 e. The van der Waals surface area contributed by atoms with Gasteiger partial charge in [-0.1, -0.05) is 18.2 Å². The number of amides is 1. The van der Waals surface area contributed by atoms with E-state index in [0.29, 0.717) is 5.56 Å². The van der Waals surface area contributed by atoms with Gasteiger partial charge in [-0.05, 0) is 38.1 Å². The average Bonchev–Trinajstić information content (AvgIpc) is 2.60. The number of halogens is 2. The molecular formula is C20H18F2N2O2. The van der Waals surface area contributed by atoms with E-state index in [0.717, 1.165) is 28.7 Å². The number of rotatable bonds is 5. The van der Waals surface area contributed by atoms with Crippen LogP contribution in [0.2, 0.25) is 0 Å². The van der Waals surface area contributed by atoms with E-state index in [1.54, 1.807) is 13.0 Å². The first kappa shape index (κ1) is 17.8. The van der Waals surface area contributed by atoms with E-state index in [9.17, 15) is 13.6 Å². The van der Waals surface area contributed by atoms with Crippen molar-refractivity contribution in [3.05, 3.63) is 71.4 Å². The zero-order valence-electron chi connectivity index (χ0n) is 14.4. The van der Waals surface area contributed by atoms with Crippen molar-refractivity contribution in [1.82, 2.24) is 10.3 Å². The van der Waals surface area contributed by atoms with Gasteiger partial charge < -0.3 is 10.1 Å². The third-order valence-corrected chi connectivity index (χ3v) is 3.85. The summed E-state index contributed by atoms with van der Waals surface area (Å²) in [6.07, 6.45) is 0. The Bertz CT molecular complexity index is 960. The minimum Gasteiger partial charge on any atom is -0.488 e. The van der Waals surface area contributed by atoms with E-state index in [4.69, 9.17) is 4.74 Å². The van der Waals surface area contributed by atoms with Crippen molar-refractivity contribution in [2.75, 3.05) is 6.61 Å². The summed E-state index contributed by atoms with van der Waals surface area (Å²) in [5.74, 6) is -1.77. The molecule has 0 aliphatic rings. The monoisotopic (exact) mass is 356 g/mol. The van der Waals surface area contributed by atoms with Gasteiger partial charge in [0.1, 0.15) is 12.4 Å². The van der Waals surface area contributed by atoms with Gasteiger partial charge in [0.15, 0.2) is 11.6 Å². The van der Waals surface area contributed by atoms with Crippen molar-refractivity contribution in [2.45, 2.75) is 19.9 Å². The molecule has 0 saturated heterocycles. The fourth-order valence-corrected chi connectivity index (χ4v) is 2.65. The molecule has 6 heteroatoms. The van der Waals surface area contributed by atoms with Gasteiger partial charge >= 0.3 is 0 Å².